The number of carbonyl (C=O) groups excluding carboxylic acids is 2. The van der Waals surface area contributed by atoms with Crippen molar-refractivity contribution in [1.82, 2.24) is 10.2 Å². The highest BCUT2D eigenvalue weighted by atomic mass is 16.2. The second-order valence-electron chi connectivity index (χ2n) is 8.54. The Morgan fingerprint density at radius 3 is 2.22 bits per heavy atom. The molecule has 5 rings (SSSR count). The van der Waals surface area contributed by atoms with Crippen molar-refractivity contribution in [1.29, 1.82) is 0 Å². The van der Waals surface area contributed by atoms with E-state index in [1.165, 1.54) is 0 Å². The number of nitrogens with one attached hydrogen (secondary N) is 1. The maximum atomic E-state index is 13.4. The van der Waals surface area contributed by atoms with E-state index in [4.69, 9.17) is 0 Å². The summed E-state index contributed by atoms with van der Waals surface area (Å²) in [6.45, 7) is 2.05. The first kappa shape index (κ1) is 20.5. The van der Waals surface area contributed by atoms with Crippen molar-refractivity contribution in [2.45, 2.75) is 31.5 Å². The highest BCUT2D eigenvalue weighted by Gasteiger charge is 2.38. The predicted octanol–water partition coefficient (Wildman–Crippen LogP) is 4.11. The van der Waals surface area contributed by atoms with Gasteiger partial charge in [-0.25, -0.2) is 0 Å². The normalized spacial score (nSPS) is 20.2. The first-order valence-corrected chi connectivity index (χ1v) is 11.2. The molecule has 2 amide bonds. The largest absolute Gasteiger partial charge is 0.350 e. The molecule has 2 aliphatic rings. The molecule has 2 aliphatic heterocycles. The average Bonchev–Trinajstić information content (AvgIpc) is 3.14. The van der Waals surface area contributed by atoms with Gasteiger partial charge < -0.3 is 10.2 Å². The predicted molar refractivity (Wildman–Crippen MR) is 126 cm³/mol. The Balaban J connectivity index is 1.35. The van der Waals surface area contributed by atoms with Gasteiger partial charge in [-0.05, 0) is 48.7 Å². The summed E-state index contributed by atoms with van der Waals surface area (Å²) in [6, 6.07) is 27.6. The van der Waals surface area contributed by atoms with Crippen LogP contribution in [0.25, 0.3) is 0 Å². The molecule has 1 N–H and O–H groups in total. The molecule has 2 heterocycles. The van der Waals surface area contributed by atoms with Gasteiger partial charge in [0, 0.05) is 48.5 Å². The molecule has 0 unspecified atom stereocenters. The fourth-order valence-electron chi connectivity index (χ4n) is 4.93. The summed E-state index contributed by atoms with van der Waals surface area (Å²) in [4.78, 5) is 30.4. The summed E-state index contributed by atoms with van der Waals surface area (Å²) < 4.78 is 0. The lowest BCUT2D eigenvalue weighted by Crippen LogP contribution is -2.45. The molecule has 0 aliphatic carbocycles. The van der Waals surface area contributed by atoms with Crippen LogP contribution >= 0.6 is 0 Å². The van der Waals surface area contributed by atoms with Crippen molar-refractivity contribution in [2.24, 2.45) is 0 Å². The van der Waals surface area contributed by atoms with Crippen LogP contribution in [0.4, 0.5) is 5.69 Å². The minimum absolute atomic E-state index is 0.0369. The summed E-state index contributed by atoms with van der Waals surface area (Å²) in [7, 11) is 0. The maximum Gasteiger partial charge on any atom is 0.258 e. The summed E-state index contributed by atoms with van der Waals surface area (Å²) >= 11 is 0. The van der Waals surface area contributed by atoms with Crippen LogP contribution in [0.5, 0.6) is 0 Å². The number of para-hydroxylation sites is 1. The molecule has 3 aromatic rings. The van der Waals surface area contributed by atoms with E-state index >= 15 is 0 Å². The van der Waals surface area contributed by atoms with Crippen molar-refractivity contribution in [3.8, 4) is 0 Å². The molecule has 0 bridgehead atoms. The lowest BCUT2D eigenvalue weighted by molar-refractivity contribution is 0.0934. The molecule has 5 nitrogen and oxygen atoms in total. The molecule has 1 fully saturated rings. The summed E-state index contributed by atoms with van der Waals surface area (Å²) in [5.74, 6) is 0.00545. The summed E-state index contributed by atoms with van der Waals surface area (Å²) in [5, 5.41) is 3.12. The van der Waals surface area contributed by atoms with E-state index in [0.29, 0.717) is 24.2 Å². The van der Waals surface area contributed by atoms with Gasteiger partial charge in [-0.2, -0.15) is 0 Å². The Bertz CT molecular complexity index is 1100. The minimum Gasteiger partial charge on any atom is -0.350 e. The number of anilines is 1. The van der Waals surface area contributed by atoms with Crippen molar-refractivity contribution in [3.05, 3.63) is 102 Å². The molecule has 2 atom stereocenters. The number of carbonyl (C=O) groups is 2. The number of rotatable bonds is 4. The third kappa shape index (κ3) is 4.04. The third-order valence-electron chi connectivity index (χ3n) is 6.60. The number of hydrogen-bond donors (Lipinski definition) is 1. The molecular weight excluding hydrogens is 398 g/mol. The van der Waals surface area contributed by atoms with Gasteiger partial charge in [-0.1, -0.05) is 54.6 Å². The lowest BCUT2D eigenvalue weighted by Gasteiger charge is -2.29. The average molecular weight is 426 g/mol. The fourth-order valence-corrected chi connectivity index (χ4v) is 4.93. The number of benzene rings is 3. The molecular formula is C27H27N3O2. The number of amides is 2. The second-order valence-corrected chi connectivity index (χ2v) is 8.54. The highest BCUT2D eigenvalue weighted by Crippen LogP contribution is 2.35. The summed E-state index contributed by atoms with van der Waals surface area (Å²) in [6.07, 6.45) is 2.02. The Kier molecular flexibility index (Phi) is 5.73. The first-order valence-electron chi connectivity index (χ1n) is 11.2. The molecule has 32 heavy (non-hydrogen) atoms. The molecule has 0 aromatic heterocycles. The van der Waals surface area contributed by atoms with E-state index in [1.54, 1.807) is 0 Å². The zero-order valence-corrected chi connectivity index (χ0v) is 18.0. The van der Waals surface area contributed by atoms with Crippen LogP contribution in [-0.2, 0) is 6.54 Å². The standard InChI is InChI=1S/C27H27N3O2/c31-26(20-9-3-1-4-10-20)28-17-23-15-16-24-19-30(27(32)21-11-5-2-6-12-21)25-14-8-7-13-22(25)18-29(23)24/h1-14,23-24H,15-19H2,(H,28,31)/t23-,24+/m0/s1. The van der Waals surface area contributed by atoms with Gasteiger partial charge in [-0.15, -0.1) is 0 Å². The van der Waals surface area contributed by atoms with Gasteiger partial charge in [0.15, 0.2) is 0 Å². The van der Waals surface area contributed by atoms with Crippen LogP contribution in [0.1, 0.15) is 39.1 Å². The molecule has 1 saturated heterocycles. The topological polar surface area (TPSA) is 52.7 Å². The van der Waals surface area contributed by atoms with E-state index in [1.807, 2.05) is 83.8 Å². The molecule has 0 saturated carbocycles. The van der Waals surface area contributed by atoms with Crippen LogP contribution < -0.4 is 10.2 Å². The first-order chi connectivity index (χ1) is 15.7. The van der Waals surface area contributed by atoms with Crippen molar-refractivity contribution in [3.63, 3.8) is 0 Å². The zero-order valence-electron chi connectivity index (χ0n) is 18.0. The SMILES string of the molecule is O=C(NC[C@@H]1CC[C@@H]2CN(C(=O)c3ccccc3)c3ccccc3CN21)c1ccccc1. The van der Waals surface area contributed by atoms with Gasteiger partial charge >= 0.3 is 0 Å². The Morgan fingerprint density at radius 2 is 1.47 bits per heavy atom. The highest BCUT2D eigenvalue weighted by molar-refractivity contribution is 6.06. The van der Waals surface area contributed by atoms with E-state index < -0.39 is 0 Å². The van der Waals surface area contributed by atoms with E-state index in [2.05, 4.69) is 16.3 Å². The Hall–Kier alpha value is -3.44. The Labute approximate surface area is 188 Å². The Morgan fingerprint density at radius 1 is 0.812 bits per heavy atom. The van der Waals surface area contributed by atoms with Crippen molar-refractivity contribution >= 4 is 17.5 Å². The zero-order chi connectivity index (χ0) is 21.9. The van der Waals surface area contributed by atoms with E-state index in [-0.39, 0.29) is 23.9 Å². The lowest BCUT2D eigenvalue weighted by atomic mass is 10.1. The third-order valence-corrected chi connectivity index (χ3v) is 6.60. The maximum absolute atomic E-state index is 13.4. The fraction of sp³-hybridized carbons (Fsp3) is 0.259. The van der Waals surface area contributed by atoms with Crippen LogP contribution in [0.15, 0.2) is 84.9 Å². The van der Waals surface area contributed by atoms with Gasteiger partial charge in [0.05, 0.1) is 0 Å². The molecule has 162 valence electrons. The molecule has 3 aromatic carbocycles. The molecule has 5 heteroatoms. The van der Waals surface area contributed by atoms with Crippen molar-refractivity contribution in [2.75, 3.05) is 18.0 Å². The summed E-state index contributed by atoms with van der Waals surface area (Å²) in [5.41, 5.74) is 3.53. The number of nitrogens with zero attached hydrogens (tertiary/aromatic N) is 2. The number of fused-ring (bicyclic) bond motifs is 2. The monoisotopic (exact) mass is 425 g/mol. The smallest absolute Gasteiger partial charge is 0.258 e. The van der Waals surface area contributed by atoms with Gasteiger partial charge in [0.1, 0.15) is 0 Å². The van der Waals surface area contributed by atoms with E-state index in [9.17, 15) is 9.59 Å². The molecule has 0 spiro atoms. The molecule has 0 radical (unpaired) electrons. The van der Waals surface area contributed by atoms with E-state index in [0.717, 1.165) is 30.6 Å². The van der Waals surface area contributed by atoms with Gasteiger partial charge in [0.25, 0.3) is 11.8 Å². The van der Waals surface area contributed by atoms with Gasteiger partial charge in [-0.3, -0.25) is 14.5 Å². The van der Waals surface area contributed by atoms with Crippen LogP contribution in [0.2, 0.25) is 0 Å². The quantitative estimate of drug-likeness (QED) is 0.685. The van der Waals surface area contributed by atoms with Crippen LogP contribution in [0, 0.1) is 0 Å². The number of hydrogen-bond acceptors (Lipinski definition) is 3. The van der Waals surface area contributed by atoms with Crippen LogP contribution in [0.3, 0.4) is 0 Å². The minimum atomic E-state index is -0.0369. The van der Waals surface area contributed by atoms with Crippen molar-refractivity contribution < 1.29 is 9.59 Å². The second kappa shape index (κ2) is 8.97. The van der Waals surface area contributed by atoms with Gasteiger partial charge in [0.2, 0.25) is 0 Å². The van der Waals surface area contributed by atoms with Crippen LogP contribution in [-0.4, -0.2) is 41.9 Å².